The number of pyridine rings is 1. The molecule has 1 aromatic heterocycles. The number of carbonyl (C=O) groups is 1. The van der Waals surface area contributed by atoms with Crippen molar-refractivity contribution < 1.29 is 9.53 Å². The van der Waals surface area contributed by atoms with E-state index in [1.54, 1.807) is 12.1 Å². The van der Waals surface area contributed by atoms with Gasteiger partial charge in [-0.2, -0.15) is 0 Å². The van der Waals surface area contributed by atoms with E-state index in [-0.39, 0.29) is 12.1 Å². The minimum absolute atomic E-state index is 0.0591. The summed E-state index contributed by atoms with van der Waals surface area (Å²) in [5.74, 6) is 0.207. The first-order valence-electron chi connectivity index (χ1n) is 5.31. The molecule has 0 radical (unpaired) electrons. The lowest BCUT2D eigenvalue weighted by atomic mass is 10.1. The van der Waals surface area contributed by atoms with Crippen molar-refractivity contribution in [3.05, 3.63) is 28.5 Å². The molecule has 1 rings (SSSR count). The summed E-state index contributed by atoms with van der Waals surface area (Å²) in [7, 11) is 0. The quantitative estimate of drug-likeness (QED) is 0.628. The van der Waals surface area contributed by atoms with Crippen LogP contribution in [0.1, 0.15) is 37.6 Å². The smallest absolute Gasteiger partial charge is 0.339 e. The number of hydrogen-bond donors (Lipinski definition) is 0. The Labute approximate surface area is 104 Å². The lowest BCUT2D eigenvalue weighted by Crippen LogP contribution is -2.17. The van der Waals surface area contributed by atoms with Crippen LogP contribution in [-0.2, 0) is 4.74 Å². The zero-order chi connectivity index (χ0) is 12.1. The van der Waals surface area contributed by atoms with Gasteiger partial charge in [-0.3, -0.25) is 0 Å². The highest BCUT2D eigenvalue weighted by atomic mass is 79.9. The molecule has 0 fully saturated rings. The Balaban J connectivity index is 2.55. The molecule has 16 heavy (non-hydrogen) atoms. The number of nitrogens with zero attached hydrogens (tertiary/aromatic N) is 1. The molecule has 0 aromatic carbocycles. The Morgan fingerprint density at radius 1 is 1.44 bits per heavy atom. The van der Waals surface area contributed by atoms with Gasteiger partial charge in [-0.15, -0.1) is 0 Å². The highest BCUT2D eigenvalue weighted by Crippen LogP contribution is 2.12. The Hall–Kier alpha value is -0.900. The average molecular weight is 286 g/mol. The predicted molar refractivity (Wildman–Crippen MR) is 66.3 cm³/mol. The molecular formula is C12H16BrNO2. The van der Waals surface area contributed by atoms with Gasteiger partial charge in [0, 0.05) is 6.20 Å². The highest BCUT2D eigenvalue weighted by Gasteiger charge is 2.13. The van der Waals surface area contributed by atoms with Crippen molar-refractivity contribution in [2.45, 2.75) is 33.3 Å². The number of carbonyl (C=O) groups excluding carboxylic acids is 1. The Morgan fingerprint density at radius 3 is 2.62 bits per heavy atom. The van der Waals surface area contributed by atoms with Gasteiger partial charge in [-0.05, 0) is 47.3 Å². The van der Waals surface area contributed by atoms with Crippen LogP contribution < -0.4 is 0 Å². The van der Waals surface area contributed by atoms with Gasteiger partial charge in [0.05, 0.1) is 11.7 Å². The summed E-state index contributed by atoms with van der Waals surface area (Å²) >= 11 is 3.21. The molecular weight excluding hydrogens is 270 g/mol. The molecule has 0 bridgehead atoms. The van der Waals surface area contributed by atoms with E-state index in [1.165, 1.54) is 6.20 Å². The van der Waals surface area contributed by atoms with Gasteiger partial charge in [0.15, 0.2) is 0 Å². The summed E-state index contributed by atoms with van der Waals surface area (Å²) in [5.41, 5.74) is 0.485. The molecule has 1 unspecified atom stereocenters. The Bertz CT molecular complexity index is 349. The van der Waals surface area contributed by atoms with Crippen molar-refractivity contribution >= 4 is 21.9 Å². The molecule has 0 aliphatic rings. The zero-order valence-corrected chi connectivity index (χ0v) is 11.3. The van der Waals surface area contributed by atoms with Gasteiger partial charge in [0.1, 0.15) is 4.60 Å². The lowest BCUT2D eigenvalue weighted by molar-refractivity contribution is 0.0299. The second kappa shape index (κ2) is 5.99. The first-order chi connectivity index (χ1) is 7.49. The van der Waals surface area contributed by atoms with Crippen LogP contribution in [0.3, 0.4) is 0 Å². The van der Waals surface area contributed by atoms with Gasteiger partial charge in [-0.25, -0.2) is 9.78 Å². The third kappa shape index (κ3) is 4.31. The summed E-state index contributed by atoms with van der Waals surface area (Å²) in [6.45, 7) is 6.11. The van der Waals surface area contributed by atoms with Crippen molar-refractivity contribution in [3.63, 3.8) is 0 Å². The van der Waals surface area contributed by atoms with Gasteiger partial charge >= 0.3 is 5.97 Å². The van der Waals surface area contributed by atoms with Crippen LogP contribution in [0.2, 0.25) is 0 Å². The fraction of sp³-hybridized carbons (Fsp3) is 0.500. The van der Waals surface area contributed by atoms with Crippen molar-refractivity contribution in [1.82, 2.24) is 4.98 Å². The number of esters is 1. The summed E-state index contributed by atoms with van der Waals surface area (Å²) in [6.07, 6.45) is 2.32. The number of aromatic nitrogens is 1. The Kier molecular flexibility index (Phi) is 4.93. The number of ether oxygens (including phenoxy) is 1. The van der Waals surface area contributed by atoms with Crippen molar-refractivity contribution in [2.24, 2.45) is 5.92 Å². The molecule has 4 heteroatoms. The summed E-state index contributed by atoms with van der Waals surface area (Å²) in [5, 5.41) is 0. The van der Waals surface area contributed by atoms with Crippen LogP contribution in [0.25, 0.3) is 0 Å². The molecule has 0 amide bonds. The van der Waals surface area contributed by atoms with Gasteiger partial charge < -0.3 is 4.74 Å². The van der Waals surface area contributed by atoms with E-state index >= 15 is 0 Å². The first kappa shape index (κ1) is 13.2. The second-order valence-electron chi connectivity index (χ2n) is 4.22. The molecule has 1 atom stereocenters. The van der Waals surface area contributed by atoms with E-state index in [0.717, 1.165) is 6.42 Å². The van der Waals surface area contributed by atoms with E-state index in [2.05, 4.69) is 34.8 Å². The van der Waals surface area contributed by atoms with Crippen LogP contribution in [-0.4, -0.2) is 17.1 Å². The standard InChI is InChI=1S/C12H16BrNO2/c1-8(2)6-9(3)16-12(15)10-4-5-11(13)14-7-10/h4-5,7-9H,6H2,1-3H3. The summed E-state index contributed by atoms with van der Waals surface area (Å²) < 4.78 is 6.00. The molecule has 0 N–H and O–H groups in total. The SMILES string of the molecule is CC(C)CC(C)OC(=O)c1ccc(Br)nc1. The van der Waals surface area contributed by atoms with Crippen LogP contribution in [0.15, 0.2) is 22.9 Å². The van der Waals surface area contributed by atoms with Gasteiger partial charge in [0.2, 0.25) is 0 Å². The van der Waals surface area contributed by atoms with Gasteiger partial charge in [0.25, 0.3) is 0 Å². The number of hydrogen-bond acceptors (Lipinski definition) is 3. The minimum Gasteiger partial charge on any atom is -0.459 e. The molecule has 1 heterocycles. The molecule has 0 aliphatic carbocycles. The predicted octanol–water partition coefficient (Wildman–Crippen LogP) is 3.44. The molecule has 0 spiro atoms. The largest absolute Gasteiger partial charge is 0.459 e. The summed E-state index contributed by atoms with van der Waals surface area (Å²) in [4.78, 5) is 15.7. The first-order valence-corrected chi connectivity index (χ1v) is 6.11. The van der Waals surface area contributed by atoms with Crippen molar-refractivity contribution in [1.29, 1.82) is 0 Å². The average Bonchev–Trinajstić information content (AvgIpc) is 2.16. The topological polar surface area (TPSA) is 39.2 Å². The van der Waals surface area contributed by atoms with Crippen LogP contribution in [0, 0.1) is 5.92 Å². The second-order valence-corrected chi connectivity index (χ2v) is 5.03. The van der Waals surface area contributed by atoms with Crippen LogP contribution >= 0.6 is 15.9 Å². The minimum atomic E-state index is -0.312. The lowest BCUT2D eigenvalue weighted by Gasteiger charge is -2.14. The number of halogens is 1. The monoisotopic (exact) mass is 285 g/mol. The molecule has 3 nitrogen and oxygen atoms in total. The third-order valence-corrected chi connectivity index (χ3v) is 2.54. The van der Waals surface area contributed by atoms with Crippen LogP contribution in [0.5, 0.6) is 0 Å². The molecule has 0 saturated heterocycles. The van der Waals surface area contributed by atoms with Crippen molar-refractivity contribution in [2.75, 3.05) is 0 Å². The van der Waals surface area contributed by atoms with Crippen LogP contribution in [0.4, 0.5) is 0 Å². The number of rotatable bonds is 4. The summed E-state index contributed by atoms with van der Waals surface area (Å²) in [6, 6.07) is 3.42. The van der Waals surface area contributed by atoms with Gasteiger partial charge in [-0.1, -0.05) is 13.8 Å². The third-order valence-electron chi connectivity index (χ3n) is 2.07. The van der Waals surface area contributed by atoms with E-state index in [9.17, 15) is 4.79 Å². The fourth-order valence-corrected chi connectivity index (χ4v) is 1.69. The molecule has 1 aromatic rings. The van der Waals surface area contributed by atoms with E-state index in [0.29, 0.717) is 16.1 Å². The van der Waals surface area contributed by atoms with E-state index in [4.69, 9.17) is 4.74 Å². The molecule has 0 saturated carbocycles. The molecule has 88 valence electrons. The maximum Gasteiger partial charge on any atom is 0.339 e. The molecule has 0 aliphatic heterocycles. The van der Waals surface area contributed by atoms with Crippen molar-refractivity contribution in [3.8, 4) is 0 Å². The highest BCUT2D eigenvalue weighted by molar-refractivity contribution is 9.10. The Morgan fingerprint density at radius 2 is 2.12 bits per heavy atom. The normalized spacial score (nSPS) is 12.6. The van der Waals surface area contributed by atoms with E-state index in [1.807, 2.05) is 6.92 Å². The maximum atomic E-state index is 11.7. The maximum absolute atomic E-state index is 11.7. The fourth-order valence-electron chi connectivity index (χ4n) is 1.46. The zero-order valence-electron chi connectivity index (χ0n) is 9.74. The van der Waals surface area contributed by atoms with E-state index < -0.39 is 0 Å².